The first kappa shape index (κ1) is 16.3. The molecular weight excluding hydrogens is 256 g/mol. The Kier molecular flexibility index (Phi) is 6.90. The van der Waals surface area contributed by atoms with Crippen LogP contribution < -0.4 is 11.1 Å². The van der Waals surface area contributed by atoms with Gasteiger partial charge in [-0.1, -0.05) is 44.2 Å². The smallest absolute Gasteiger partial charge is 0.261 e. The van der Waals surface area contributed by atoms with Crippen LogP contribution in [0.25, 0.3) is 0 Å². The molecule has 5 nitrogen and oxygen atoms in total. The molecule has 0 heterocycles. The zero-order valence-electron chi connectivity index (χ0n) is 11.9. The largest absolute Gasteiger partial charge is 0.366 e. The molecule has 1 aromatic rings. The van der Waals surface area contributed by atoms with E-state index in [2.05, 4.69) is 5.32 Å². The van der Waals surface area contributed by atoms with Crippen molar-refractivity contribution in [3.05, 3.63) is 35.9 Å². The van der Waals surface area contributed by atoms with E-state index in [4.69, 9.17) is 10.5 Å². The summed E-state index contributed by atoms with van der Waals surface area (Å²) in [5, 5.41) is 2.84. The zero-order valence-corrected chi connectivity index (χ0v) is 11.9. The second-order valence-corrected chi connectivity index (χ2v) is 5.11. The molecule has 0 radical (unpaired) electrons. The van der Waals surface area contributed by atoms with Crippen molar-refractivity contribution in [1.82, 2.24) is 5.32 Å². The Morgan fingerprint density at radius 3 is 2.50 bits per heavy atom. The first-order chi connectivity index (χ1) is 9.52. The molecule has 5 heteroatoms. The van der Waals surface area contributed by atoms with E-state index in [1.165, 1.54) is 0 Å². The number of benzene rings is 1. The molecule has 1 rings (SSSR count). The van der Waals surface area contributed by atoms with Gasteiger partial charge in [-0.2, -0.15) is 0 Å². The number of ether oxygens (including phenoxy) is 1. The van der Waals surface area contributed by atoms with Gasteiger partial charge in [0.25, 0.3) is 5.91 Å². The molecule has 1 unspecified atom stereocenters. The summed E-state index contributed by atoms with van der Waals surface area (Å²) in [5.41, 5.74) is 6.28. The molecule has 0 bridgehead atoms. The molecule has 0 spiro atoms. The van der Waals surface area contributed by atoms with Crippen molar-refractivity contribution in [3.8, 4) is 0 Å². The molecule has 0 fully saturated rings. The van der Waals surface area contributed by atoms with Gasteiger partial charge in [-0.25, -0.2) is 0 Å². The number of carbonyl (C=O) groups is 2. The highest BCUT2D eigenvalue weighted by Gasteiger charge is 2.20. The molecule has 0 aliphatic heterocycles. The number of primary amides is 1. The molecule has 0 aliphatic rings. The second-order valence-electron chi connectivity index (χ2n) is 5.11. The van der Waals surface area contributed by atoms with E-state index in [1.807, 2.05) is 44.2 Å². The fourth-order valence-corrected chi connectivity index (χ4v) is 1.71. The first-order valence-electron chi connectivity index (χ1n) is 6.69. The Morgan fingerprint density at radius 2 is 2.00 bits per heavy atom. The number of amides is 1. The Balaban J connectivity index is 2.59. The van der Waals surface area contributed by atoms with E-state index in [0.717, 1.165) is 11.8 Å². The fourth-order valence-electron chi connectivity index (χ4n) is 1.71. The third-order valence-electron chi connectivity index (χ3n) is 2.68. The van der Waals surface area contributed by atoms with Gasteiger partial charge in [0, 0.05) is 0 Å². The SMILES string of the molecule is CC(C)COC(N[C@H](C=O)Cc1ccccc1)C(N)=O. The third kappa shape index (κ3) is 5.95. The third-order valence-corrected chi connectivity index (χ3v) is 2.68. The van der Waals surface area contributed by atoms with Crippen molar-refractivity contribution in [1.29, 1.82) is 0 Å². The number of carbonyl (C=O) groups excluding carboxylic acids is 2. The van der Waals surface area contributed by atoms with Crippen molar-refractivity contribution < 1.29 is 14.3 Å². The van der Waals surface area contributed by atoms with Crippen LogP contribution in [0.1, 0.15) is 19.4 Å². The lowest BCUT2D eigenvalue weighted by molar-refractivity contribution is -0.133. The minimum Gasteiger partial charge on any atom is -0.366 e. The highest BCUT2D eigenvalue weighted by atomic mass is 16.5. The molecule has 0 aromatic heterocycles. The standard InChI is InChI=1S/C15H22N2O3/c1-11(2)10-20-15(14(16)19)17-13(9-18)8-12-6-4-3-5-7-12/h3-7,9,11,13,15,17H,8,10H2,1-2H3,(H2,16,19)/t13-,15?/m0/s1. The lowest BCUT2D eigenvalue weighted by Crippen LogP contribution is -2.49. The van der Waals surface area contributed by atoms with Gasteiger partial charge in [-0.3, -0.25) is 10.1 Å². The van der Waals surface area contributed by atoms with Gasteiger partial charge in [0.2, 0.25) is 0 Å². The summed E-state index contributed by atoms with van der Waals surface area (Å²) in [6.45, 7) is 4.34. The van der Waals surface area contributed by atoms with Gasteiger partial charge in [0.05, 0.1) is 12.6 Å². The second kappa shape index (κ2) is 8.45. The fraction of sp³-hybridized carbons (Fsp3) is 0.467. The van der Waals surface area contributed by atoms with Crippen molar-refractivity contribution in [2.75, 3.05) is 6.61 Å². The Hall–Kier alpha value is -1.72. The molecule has 2 atom stereocenters. The molecule has 20 heavy (non-hydrogen) atoms. The average Bonchev–Trinajstić information content (AvgIpc) is 2.42. The summed E-state index contributed by atoms with van der Waals surface area (Å²) >= 11 is 0. The maximum atomic E-state index is 11.3. The first-order valence-corrected chi connectivity index (χ1v) is 6.69. The monoisotopic (exact) mass is 278 g/mol. The van der Waals surface area contributed by atoms with Gasteiger partial charge in [0.15, 0.2) is 6.23 Å². The quantitative estimate of drug-likeness (QED) is 0.519. The normalized spacial score (nSPS) is 13.9. The number of hydrogen-bond acceptors (Lipinski definition) is 4. The maximum Gasteiger partial charge on any atom is 0.261 e. The summed E-state index contributed by atoms with van der Waals surface area (Å²) in [4.78, 5) is 22.5. The number of nitrogens with two attached hydrogens (primary N) is 1. The highest BCUT2D eigenvalue weighted by Crippen LogP contribution is 2.04. The van der Waals surface area contributed by atoms with Crippen LogP contribution in [0, 0.1) is 5.92 Å². The van der Waals surface area contributed by atoms with E-state index in [9.17, 15) is 9.59 Å². The molecule has 0 aliphatic carbocycles. The Morgan fingerprint density at radius 1 is 1.35 bits per heavy atom. The zero-order chi connectivity index (χ0) is 15.0. The molecule has 1 amide bonds. The predicted molar refractivity (Wildman–Crippen MR) is 76.9 cm³/mol. The van der Waals surface area contributed by atoms with E-state index in [-0.39, 0.29) is 5.92 Å². The lowest BCUT2D eigenvalue weighted by Gasteiger charge is -2.21. The number of nitrogens with one attached hydrogen (secondary N) is 1. The number of aldehydes is 1. The van der Waals surface area contributed by atoms with Gasteiger partial charge in [0.1, 0.15) is 6.29 Å². The minimum atomic E-state index is -0.948. The van der Waals surface area contributed by atoms with E-state index in [0.29, 0.717) is 13.0 Å². The molecule has 110 valence electrons. The summed E-state index contributed by atoms with van der Waals surface area (Å²) < 4.78 is 5.39. The summed E-state index contributed by atoms with van der Waals surface area (Å²) in [7, 11) is 0. The molecule has 0 saturated heterocycles. The number of hydrogen-bond donors (Lipinski definition) is 2. The van der Waals surface area contributed by atoms with Crippen LogP contribution in [0.2, 0.25) is 0 Å². The summed E-state index contributed by atoms with van der Waals surface area (Å²) in [6.07, 6.45) is 0.303. The Bertz CT molecular complexity index is 420. The predicted octanol–water partition coefficient (Wildman–Crippen LogP) is 0.870. The van der Waals surface area contributed by atoms with Crippen LogP contribution in [-0.2, 0) is 20.7 Å². The molecular formula is C15H22N2O3. The van der Waals surface area contributed by atoms with Crippen molar-refractivity contribution in [2.24, 2.45) is 11.7 Å². The topological polar surface area (TPSA) is 81.4 Å². The van der Waals surface area contributed by atoms with Gasteiger partial charge < -0.3 is 15.3 Å². The van der Waals surface area contributed by atoms with Crippen LogP contribution in [0.3, 0.4) is 0 Å². The molecule has 3 N–H and O–H groups in total. The molecule has 0 saturated carbocycles. The van der Waals surface area contributed by atoms with Crippen molar-refractivity contribution >= 4 is 12.2 Å². The minimum absolute atomic E-state index is 0.280. The summed E-state index contributed by atoms with van der Waals surface area (Å²) in [6, 6.07) is 9.04. The summed E-state index contributed by atoms with van der Waals surface area (Å²) in [5.74, 6) is -0.340. The molecule has 1 aromatic carbocycles. The van der Waals surface area contributed by atoms with Gasteiger partial charge in [-0.15, -0.1) is 0 Å². The van der Waals surface area contributed by atoms with Crippen LogP contribution in [-0.4, -0.2) is 31.1 Å². The highest BCUT2D eigenvalue weighted by molar-refractivity contribution is 5.79. The van der Waals surface area contributed by atoms with E-state index >= 15 is 0 Å². The van der Waals surface area contributed by atoms with E-state index < -0.39 is 18.2 Å². The Labute approximate surface area is 119 Å². The lowest BCUT2D eigenvalue weighted by atomic mass is 10.1. The van der Waals surface area contributed by atoms with Gasteiger partial charge >= 0.3 is 0 Å². The van der Waals surface area contributed by atoms with Gasteiger partial charge in [-0.05, 0) is 17.9 Å². The van der Waals surface area contributed by atoms with Crippen LogP contribution in [0.4, 0.5) is 0 Å². The van der Waals surface area contributed by atoms with Crippen LogP contribution >= 0.6 is 0 Å². The van der Waals surface area contributed by atoms with Crippen LogP contribution in [0.15, 0.2) is 30.3 Å². The maximum absolute atomic E-state index is 11.3. The van der Waals surface area contributed by atoms with Crippen molar-refractivity contribution in [3.63, 3.8) is 0 Å². The number of rotatable bonds is 9. The average molecular weight is 278 g/mol. The van der Waals surface area contributed by atoms with E-state index in [1.54, 1.807) is 0 Å². The van der Waals surface area contributed by atoms with Crippen LogP contribution in [0.5, 0.6) is 0 Å². The van der Waals surface area contributed by atoms with Crippen molar-refractivity contribution in [2.45, 2.75) is 32.5 Å².